The minimum Gasteiger partial charge on any atom is -0.467 e. The number of rotatable bonds is 3. The van der Waals surface area contributed by atoms with E-state index < -0.39 is 10.3 Å². The quantitative estimate of drug-likeness (QED) is 0.520. The summed E-state index contributed by atoms with van der Waals surface area (Å²) in [6.07, 6.45) is 1.57. The second-order valence-corrected chi connectivity index (χ2v) is 11.1. The van der Waals surface area contributed by atoms with Crippen LogP contribution in [0.4, 0.5) is 5.69 Å². The van der Waals surface area contributed by atoms with E-state index in [0.29, 0.717) is 32.9 Å². The van der Waals surface area contributed by atoms with Gasteiger partial charge in [-0.05, 0) is 42.9 Å². The molecule has 172 valence electrons. The summed E-state index contributed by atoms with van der Waals surface area (Å²) >= 11 is 13.5. The zero-order chi connectivity index (χ0) is 23.7. The Bertz CT molecular complexity index is 1330. The van der Waals surface area contributed by atoms with Crippen molar-refractivity contribution in [3.8, 4) is 0 Å². The number of nitrogens with zero attached hydrogens (tertiary/aromatic N) is 2. The molecular weight excluding hydrogens is 490 g/mol. The first-order valence-corrected chi connectivity index (χ1v) is 12.4. The molecule has 1 aromatic heterocycles. The summed E-state index contributed by atoms with van der Waals surface area (Å²) < 4.78 is 4.73. The summed E-state index contributed by atoms with van der Waals surface area (Å²) in [6.45, 7) is 0.712. The number of amides is 2. The van der Waals surface area contributed by atoms with Gasteiger partial charge < -0.3 is 9.73 Å². The summed E-state index contributed by atoms with van der Waals surface area (Å²) in [7, 11) is 1.90. The number of carbonyl (C=O) groups excluding carboxylic acids is 2. The van der Waals surface area contributed by atoms with E-state index in [2.05, 4.69) is 5.32 Å². The Balaban J connectivity index is 1.60. The molecule has 3 unspecified atom stereocenters. The lowest BCUT2D eigenvalue weighted by molar-refractivity contribution is -0.138. The van der Waals surface area contributed by atoms with Gasteiger partial charge in [-0.3, -0.25) is 19.4 Å². The molecule has 2 spiro atoms. The molecule has 4 heterocycles. The highest BCUT2D eigenvalue weighted by molar-refractivity contribution is 8.25. The number of nitrogens with one attached hydrogen (secondary N) is 1. The van der Waals surface area contributed by atoms with E-state index in [-0.39, 0.29) is 24.3 Å². The van der Waals surface area contributed by atoms with Crippen LogP contribution in [0.2, 0.25) is 5.02 Å². The van der Waals surface area contributed by atoms with Crippen molar-refractivity contribution in [1.29, 1.82) is 0 Å². The first kappa shape index (κ1) is 21.9. The average molecular weight is 510 g/mol. The molecule has 3 aliphatic heterocycles. The van der Waals surface area contributed by atoms with Crippen LogP contribution in [-0.4, -0.2) is 44.3 Å². The molecule has 3 aromatic rings. The highest BCUT2D eigenvalue weighted by Gasteiger charge is 2.77. The summed E-state index contributed by atoms with van der Waals surface area (Å²) in [6, 6.07) is 18.8. The van der Waals surface area contributed by atoms with Crippen LogP contribution < -0.4 is 5.32 Å². The minimum atomic E-state index is -1.28. The second-order valence-electron chi connectivity index (χ2n) is 8.77. The Labute approximate surface area is 211 Å². The van der Waals surface area contributed by atoms with Crippen LogP contribution in [0.1, 0.15) is 22.8 Å². The lowest BCUT2D eigenvalue weighted by Crippen LogP contribution is -2.61. The van der Waals surface area contributed by atoms with Gasteiger partial charge in [0.05, 0.1) is 12.8 Å². The number of hydrogen-bond acceptors (Lipinski definition) is 6. The zero-order valence-electron chi connectivity index (χ0n) is 18.2. The fraction of sp³-hybridized carbons (Fsp3) is 0.240. The van der Waals surface area contributed by atoms with Crippen molar-refractivity contribution in [1.82, 2.24) is 9.80 Å². The molecule has 34 heavy (non-hydrogen) atoms. The van der Waals surface area contributed by atoms with Crippen LogP contribution >= 0.6 is 35.6 Å². The van der Waals surface area contributed by atoms with Gasteiger partial charge in [-0.15, -0.1) is 0 Å². The molecule has 0 saturated carbocycles. The monoisotopic (exact) mass is 509 g/mol. The SMILES string of the molecule is CN1CC(c2ccccc2)C2(SC(=S)N(Cc3ccco3)C2=O)C12C(=O)Nc1ccc(Cl)cc12. The first-order valence-electron chi connectivity index (χ1n) is 10.8. The number of thiocarbonyl (C=S) groups is 1. The van der Waals surface area contributed by atoms with Gasteiger partial charge in [0, 0.05) is 28.7 Å². The molecule has 0 bridgehead atoms. The smallest absolute Gasteiger partial charge is 0.251 e. The summed E-state index contributed by atoms with van der Waals surface area (Å²) in [5.41, 5.74) is 1.07. The second kappa shape index (κ2) is 7.68. The van der Waals surface area contributed by atoms with E-state index in [9.17, 15) is 9.59 Å². The Kier molecular flexibility index (Phi) is 4.94. The standard InChI is InChI=1S/C25H20ClN3O3S2/c1-28-14-19(15-6-3-2-4-7-15)25(22(31)29(23(33)34-25)13-17-8-5-11-32-17)24(28)18-12-16(26)9-10-20(18)27-21(24)30/h2-12,19H,13-14H2,1H3,(H,27,30). The number of anilines is 1. The van der Waals surface area contributed by atoms with E-state index in [4.69, 9.17) is 28.2 Å². The highest BCUT2D eigenvalue weighted by atomic mass is 35.5. The molecule has 2 saturated heterocycles. The summed E-state index contributed by atoms with van der Waals surface area (Å²) in [5.74, 6) is -0.0926. The van der Waals surface area contributed by atoms with Gasteiger partial charge in [-0.1, -0.05) is 65.9 Å². The van der Waals surface area contributed by atoms with E-state index in [1.807, 2.05) is 48.3 Å². The number of carbonyl (C=O) groups is 2. The molecule has 1 N–H and O–H groups in total. The number of likely N-dealkylation sites (N-methyl/N-ethyl adjacent to an activating group) is 1. The molecule has 0 aliphatic carbocycles. The van der Waals surface area contributed by atoms with E-state index in [0.717, 1.165) is 5.56 Å². The van der Waals surface area contributed by atoms with Gasteiger partial charge in [0.1, 0.15) is 14.8 Å². The van der Waals surface area contributed by atoms with Crippen LogP contribution in [0, 0.1) is 0 Å². The molecule has 2 fully saturated rings. The third kappa shape index (κ3) is 2.71. The van der Waals surface area contributed by atoms with Crippen molar-refractivity contribution in [2.75, 3.05) is 18.9 Å². The number of benzene rings is 2. The number of hydrogen-bond donors (Lipinski definition) is 1. The van der Waals surface area contributed by atoms with E-state index in [1.165, 1.54) is 11.8 Å². The Morgan fingerprint density at radius 1 is 1.18 bits per heavy atom. The van der Waals surface area contributed by atoms with Crippen molar-refractivity contribution in [2.45, 2.75) is 22.7 Å². The summed E-state index contributed by atoms with van der Waals surface area (Å²) in [4.78, 5) is 32.0. The van der Waals surface area contributed by atoms with Crippen molar-refractivity contribution >= 4 is 57.4 Å². The van der Waals surface area contributed by atoms with Gasteiger partial charge in [0.2, 0.25) is 5.91 Å². The van der Waals surface area contributed by atoms with Crippen molar-refractivity contribution < 1.29 is 14.0 Å². The predicted molar refractivity (Wildman–Crippen MR) is 136 cm³/mol. The van der Waals surface area contributed by atoms with Crippen LogP contribution in [-0.2, 0) is 21.7 Å². The highest BCUT2D eigenvalue weighted by Crippen LogP contribution is 2.66. The van der Waals surface area contributed by atoms with Crippen molar-refractivity contribution in [3.05, 3.63) is 88.8 Å². The molecule has 2 aromatic carbocycles. The molecule has 3 atom stereocenters. The molecule has 6 rings (SSSR count). The van der Waals surface area contributed by atoms with Gasteiger partial charge in [0.25, 0.3) is 5.91 Å². The topological polar surface area (TPSA) is 65.8 Å². The van der Waals surface area contributed by atoms with E-state index in [1.54, 1.807) is 35.4 Å². The number of furan rings is 1. The van der Waals surface area contributed by atoms with Crippen molar-refractivity contribution in [2.24, 2.45) is 0 Å². The van der Waals surface area contributed by atoms with Crippen LogP contribution in [0.5, 0.6) is 0 Å². The maximum atomic E-state index is 14.5. The third-order valence-electron chi connectivity index (χ3n) is 7.13. The predicted octanol–water partition coefficient (Wildman–Crippen LogP) is 4.61. The minimum absolute atomic E-state index is 0.194. The van der Waals surface area contributed by atoms with Gasteiger partial charge >= 0.3 is 0 Å². The van der Waals surface area contributed by atoms with Crippen LogP contribution in [0.3, 0.4) is 0 Å². The Morgan fingerprint density at radius 2 is 1.97 bits per heavy atom. The largest absolute Gasteiger partial charge is 0.467 e. The Morgan fingerprint density at radius 3 is 2.71 bits per heavy atom. The van der Waals surface area contributed by atoms with E-state index >= 15 is 0 Å². The summed E-state index contributed by atoms with van der Waals surface area (Å²) in [5, 5.41) is 3.53. The Hall–Kier alpha value is -2.65. The lowest BCUT2D eigenvalue weighted by atomic mass is 9.72. The van der Waals surface area contributed by atoms with Crippen molar-refractivity contribution in [3.63, 3.8) is 0 Å². The van der Waals surface area contributed by atoms with Gasteiger partial charge in [-0.25, -0.2) is 0 Å². The van der Waals surface area contributed by atoms with Gasteiger partial charge in [-0.2, -0.15) is 0 Å². The average Bonchev–Trinajstić information content (AvgIpc) is 3.56. The molecular formula is C25H20ClN3O3S2. The lowest BCUT2D eigenvalue weighted by Gasteiger charge is -2.41. The van der Waals surface area contributed by atoms with Crippen LogP contribution in [0.25, 0.3) is 0 Å². The molecule has 2 amide bonds. The fourth-order valence-corrected chi connectivity index (χ4v) is 8.08. The van der Waals surface area contributed by atoms with Gasteiger partial charge in [0.15, 0.2) is 5.54 Å². The molecule has 6 nitrogen and oxygen atoms in total. The first-order chi connectivity index (χ1) is 16.4. The number of thioether (sulfide) groups is 1. The number of halogens is 1. The maximum Gasteiger partial charge on any atom is 0.251 e. The fourth-order valence-electron chi connectivity index (χ4n) is 5.77. The number of likely N-dealkylation sites (tertiary alicyclic amines) is 1. The normalized spacial score (nSPS) is 28.4. The molecule has 9 heteroatoms. The zero-order valence-corrected chi connectivity index (χ0v) is 20.5. The third-order valence-corrected chi connectivity index (χ3v) is 9.31. The molecule has 0 radical (unpaired) electrons. The number of fused-ring (bicyclic) bond motifs is 3. The maximum absolute atomic E-state index is 14.5. The molecule has 3 aliphatic rings. The van der Waals surface area contributed by atoms with Crippen LogP contribution in [0.15, 0.2) is 71.3 Å².